The van der Waals surface area contributed by atoms with Crippen molar-refractivity contribution in [2.45, 2.75) is 85.3 Å². The molecule has 9 heteroatoms. The first-order valence-electron chi connectivity index (χ1n) is 12.0. The minimum absolute atomic E-state index is 0.00115. The van der Waals surface area contributed by atoms with Crippen molar-refractivity contribution in [2.24, 2.45) is 17.6 Å². The van der Waals surface area contributed by atoms with E-state index in [1.54, 1.807) is 40.7 Å². The zero-order chi connectivity index (χ0) is 26.8. The van der Waals surface area contributed by atoms with Crippen molar-refractivity contribution >= 4 is 23.9 Å². The number of unbranched alkanes of at least 4 members (excludes halogenated alkanes) is 1. The van der Waals surface area contributed by atoms with Gasteiger partial charge in [-0.1, -0.05) is 47.1 Å². The van der Waals surface area contributed by atoms with E-state index >= 15 is 0 Å². The zero-order valence-corrected chi connectivity index (χ0v) is 21.8. The monoisotopic (exact) mass is 493 g/mol. The van der Waals surface area contributed by atoms with E-state index in [9.17, 15) is 19.2 Å². The van der Waals surface area contributed by atoms with Crippen molar-refractivity contribution in [3.05, 3.63) is 23.8 Å². The van der Waals surface area contributed by atoms with Crippen LogP contribution in [0.5, 0.6) is 11.5 Å². The largest absolute Gasteiger partial charge is 0.468 e. The van der Waals surface area contributed by atoms with Crippen LogP contribution in [0.2, 0.25) is 0 Å². The SMILES string of the molecule is CCCCC(=O)OC(C)C[C@@](N)(Cc1ccc(OC(=O)C(C)C)c(OC(=O)C(C)C)c1)C(=O)OC. The summed E-state index contributed by atoms with van der Waals surface area (Å²) < 4.78 is 21.2. The fourth-order valence-corrected chi connectivity index (χ4v) is 3.23. The van der Waals surface area contributed by atoms with Gasteiger partial charge in [0.25, 0.3) is 0 Å². The summed E-state index contributed by atoms with van der Waals surface area (Å²) in [6.45, 7) is 10.4. The first-order chi connectivity index (χ1) is 16.3. The van der Waals surface area contributed by atoms with E-state index in [1.807, 2.05) is 6.92 Å². The molecule has 1 aromatic carbocycles. The van der Waals surface area contributed by atoms with E-state index in [0.29, 0.717) is 12.0 Å². The number of esters is 4. The second-order valence-corrected chi connectivity index (χ2v) is 9.37. The van der Waals surface area contributed by atoms with Gasteiger partial charge in [0.1, 0.15) is 11.6 Å². The second-order valence-electron chi connectivity index (χ2n) is 9.37. The summed E-state index contributed by atoms with van der Waals surface area (Å²) in [4.78, 5) is 49.0. The number of hydrogen-bond donors (Lipinski definition) is 1. The average molecular weight is 494 g/mol. The molecular formula is C26H39NO8. The minimum atomic E-state index is -1.52. The molecule has 1 rings (SSSR count). The summed E-state index contributed by atoms with van der Waals surface area (Å²) in [7, 11) is 1.23. The van der Waals surface area contributed by atoms with Gasteiger partial charge in [0, 0.05) is 19.3 Å². The number of methoxy groups -OCH3 is 1. The van der Waals surface area contributed by atoms with E-state index in [2.05, 4.69) is 0 Å². The maximum atomic E-state index is 12.6. The van der Waals surface area contributed by atoms with Gasteiger partial charge in [-0.25, -0.2) is 0 Å². The molecule has 0 fully saturated rings. The van der Waals surface area contributed by atoms with E-state index in [4.69, 9.17) is 24.7 Å². The van der Waals surface area contributed by atoms with Crippen molar-refractivity contribution < 1.29 is 38.1 Å². The fraction of sp³-hybridized carbons (Fsp3) is 0.615. The molecule has 0 saturated carbocycles. The Kier molecular flexibility index (Phi) is 11.9. The maximum Gasteiger partial charge on any atom is 0.326 e. The molecule has 0 radical (unpaired) electrons. The zero-order valence-electron chi connectivity index (χ0n) is 21.8. The Hall–Kier alpha value is -2.94. The van der Waals surface area contributed by atoms with Crippen LogP contribution in [0.3, 0.4) is 0 Å². The lowest BCUT2D eigenvalue weighted by atomic mass is 9.86. The first kappa shape index (κ1) is 30.1. The molecule has 1 unspecified atom stereocenters. The lowest BCUT2D eigenvalue weighted by Gasteiger charge is -2.29. The highest BCUT2D eigenvalue weighted by molar-refractivity contribution is 5.81. The number of hydrogen-bond acceptors (Lipinski definition) is 9. The molecule has 0 heterocycles. The molecular weight excluding hydrogens is 454 g/mol. The van der Waals surface area contributed by atoms with Gasteiger partial charge in [-0.05, 0) is 31.0 Å². The Balaban J connectivity index is 3.22. The molecule has 0 aliphatic heterocycles. The Morgan fingerprint density at radius 3 is 2.03 bits per heavy atom. The maximum absolute atomic E-state index is 12.6. The van der Waals surface area contributed by atoms with Crippen LogP contribution < -0.4 is 15.2 Å². The summed E-state index contributed by atoms with van der Waals surface area (Å²) in [5, 5.41) is 0. The van der Waals surface area contributed by atoms with Crippen LogP contribution in [0.4, 0.5) is 0 Å². The van der Waals surface area contributed by atoms with Gasteiger partial charge in [0.15, 0.2) is 11.5 Å². The Bertz CT molecular complexity index is 895. The van der Waals surface area contributed by atoms with Crippen molar-refractivity contribution in [2.75, 3.05) is 7.11 Å². The van der Waals surface area contributed by atoms with Gasteiger partial charge in [0.05, 0.1) is 18.9 Å². The van der Waals surface area contributed by atoms with Crippen LogP contribution in [0.15, 0.2) is 18.2 Å². The highest BCUT2D eigenvalue weighted by Gasteiger charge is 2.38. The quantitative estimate of drug-likeness (QED) is 0.322. The third-order valence-corrected chi connectivity index (χ3v) is 5.20. The smallest absolute Gasteiger partial charge is 0.326 e. The number of carbonyl (C=O) groups is 4. The van der Waals surface area contributed by atoms with Crippen LogP contribution in [0.1, 0.15) is 72.8 Å². The predicted octanol–water partition coefficient (Wildman–Crippen LogP) is 3.73. The molecule has 0 aliphatic rings. The molecule has 0 bridgehead atoms. The van der Waals surface area contributed by atoms with Gasteiger partial charge in [-0.2, -0.15) is 0 Å². The molecule has 0 spiro atoms. The summed E-state index contributed by atoms with van der Waals surface area (Å²) in [5.74, 6) is -2.71. The number of rotatable bonds is 13. The summed E-state index contributed by atoms with van der Waals surface area (Å²) >= 11 is 0. The van der Waals surface area contributed by atoms with Crippen LogP contribution >= 0.6 is 0 Å². The lowest BCUT2D eigenvalue weighted by Crippen LogP contribution is -2.53. The van der Waals surface area contributed by atoms with E-state index in [0.717, 1.165) is 6.42 Å². The summed E-state index contributed by atoms with van der Waals surface area (Å²) in [6, 6.07) is 4.62. The number of carbonyl (C=O) groups excluding carboxylic acids is 4. The van der Waals surface area contributed by atoms with Gasteiger partial charge < -0.3 is 24.7 Å². The molecule has 0 saturated heterocycles. The van der Waals surface area contributed by atoms with E-state index in [1.165, 1.54) is 19.2 Å². The van der Waals surface area contributed by atoms with Crippen LogP contribution in [-0.4, -0.2) is 42.6 Å². The minimum Gasteiger partial charge on any atom is -0.468 e. The number of ether oxygens (including phenoxy) is 4. The molecule has 2 N–H and O–H groups in total. The van der Waals surface area contributed by atoms with Gasteiger partial charge >= 0.3 is 23.9 Å². The molecule has 1 aromatic rings. The van der Waals surface area contributed by atoms with Crippen LogP contribution in [0.25, 0.3) is 0 Å². The fourth-order valence-electron chi connectivity index (χ4n) is 3.23. The van der Waals surface area contributed by atoms with E-state index in [-0.39, 0.29) is 42.6 Å². The molecule has 0 aliphatic carbocycles. The normalized spacial score (nSPS) is 13.7. The topological polar surface area (TPSA) is 131 Å². The first-order valence-corrected chi connectivity index (χ1v) is 12.0. The summed E-state index contributed by atoms with van der Waals surface area (Å²) in [5.41, 5.74) is 5.48. The molecule has 2 atom stereocenters. The number of benzene rings is 1. The van der Waals surface area contributed by atoms with Gasteiger partial charge in [-0.3, -0.25) is 19.2 Å². The molecule has 35 heavy (non-hydrogen) atoms. The highest BCUT2D eigenvalue weighted by atomic mass is 16.6. The lowest BCUT2D eigenvalue weighted by molar-refractivity contribution is -0.155. The Morgan fingerprint density at radius 1 is 0.943 bits per heavy atom. The molecule has 196 valence electrons. The molecule has 0 amide bonds. The Labute approximate surface area is 207 Å². The summed E-state index contributed by atoms with van der Waals surface area (Å²) in [6.07, 6.45) is 1.25. The van der Waals surface area contributed by atoms with Crippen LogP contribution in [-0.2, 0) is 35.1 Å². The Morgan fingerprint density at radius 2 is 1.51 bits per heavy atom. The molecule has 9 nitrogen and oxygen atoms in total. The third kappa shape index (κ3) is 9.68. The van der Waals surface area contributed by atoms with Crippen molar-refractivity contribution in [3.63, 3.8) is 0 Å². The van der Waals surface area contributed by atoms with Crippen molar-refractivity contribution in [1.29, 1.82) is 0 Å². The third-order valence-electron chi connectivity index (χ3n) is 5.20. The molecule has 0 aromatic heterocycles. The van der Waals surface area contributed by atoms with Gasteiger partial charge in [0.2, 0.25) is 0 Å². The number of nitrogens with two attached hydrogens (primary N) is 1. The average Bonchev–Trinajstić information content (AvgIpc) is 2.78. The highest BCUT2D eigenvalue weighted by Crippen LogP contribution is 2.32. The van der Waals surface area contributed by atoms with Gasteiger partial charge in [-0.15, -0.1) is 0 Å². The second kappa shape index (κ2) is 13.8. The standard InChI is InChI=1S/C26H39NO8/c1-8-9-10-22(28)33-18(6)14-26(27,25(31)32-7)15-19-11-12-20(34-23(29)16(2)3)21(13-19)35-24(30)17(4)5/h11-13,16-18H,8-10,14-15,27H2,1-7H3/t18?,26-/m1/s1. The van der Waals surface area contributed by atoms with Crippen molar-refractivity contribution in [1.82, 2.24) is 0 Å². The predicted molar refractivity (Wildman–Crippen MR) is 130 cm³/mol. The van der Waals surface area contributed by atoms with Crippen LogP contribution in [0, 0.1) is 11.8 Å². The van der Waals surface area contributed by atoms with Crippen molar-refractivity contribution in [3.8, 4) is 11.5 Å². The van der Waals surface area contributed by atoms with E-state index < -0.39 is 35.5 Å².